The van der Waals surface area contributed by atoms with Crippen LogP contribution in [0.5, 0.6) is 5.75 Å². The predicted octanol–water partition coefficient (Wildman–Crippen LogP) is 4.00. The van der Waals surface area contributed by atoms with Gasteiger partial charge in [-0.05, 0) is 24.5 Å². The fourth-order valence-corrected chi connectivity index (χ4v) is 2.79. The second-order valence-electron chi connectivity index (χ2n) is 5.54. The van der Waals surface area contributed by atoms with Gasteiger partial charge in [0.1, 0.15) is 5.75 Å². The van der Waals surface area contributed by atoms with Gasteiger partial charge in [0.2, 0.25) is 5.91 Å². The maximum Gasteiger partial charge on any atom is 0.224 e. The molecule has 0 bridgehead atoms. The molecule has 1 aromatic carbocycles. The maximum atomic E-state index is 12.0. The van der Waals surface area contributed by atoms with E-state index >= 15 is 0 Å². The van der Waals surface area contributed by atoms with Gasteiger partial charge in [0.05, 0.1) is 18.5 Å². The number of rotatable bonds is 5. The molecule has 0 aromatic heterocycles. The van der Waals surface area contributed by atoms with Gasteiger partial charge in [0.15, 0.2) is 0 Å². The van der Waals surface area contributed by atoms with Crippen molar-refractivity contribution in [3.8, 4) is 5.75 Å². The molecule has 5 heteroatoms. The summed E-state index contributed by atoms with van der Waals surface area (Å²) in [7, 11) is 1.60. The van der Waals surface area contributed by atoms with E-state index in [0.717, 1.165) is 12.3 Å². The molecule has 0 radical (unpaired) electrons. The molecular formula is C16H25ClN2O2. The summed E-state index contributed by atoms with van der Waals surface area (Å²) < 4.78 is 5.14. The van der Waals surface area contributed by atoms with Crippen molar-refractivity contribution in [3.63, 3.8) is 0 Å². The van der Waals surface area contributed by atoms with Gasteiger partial charge in [-0.25, -0.2) is 0 Å². The van der Waals surface area contributed by atoms with Crippen LogP contribution in [0.25, 0.3) is 0 Å². The molecule has 0 heterocycles. The second-order valence-corrected chi connectivity index (χ2v) is 5.54. The van der Waals surface area contributed by atoms with Gasteiger partial charge in [-0.2, -0.15) is 0 Å². The Morgan fingerprint density at radius 1 is 1.33 bits per heavy atom. The molecule has 3 N–H and O–H groups in total. The largest absolute Gasteiger partial charge is 0.497 e. The van der Waals surface area contributed by atoms with Gasteiger partial charge in [0.25, 0.3) is 0 Å². The lowest BCUT2D eigenvalue weighted by Gasteiger charge is -2.21. The van der Waals surface area contributed by atoms with E-state index in [9.17, 15) is 4.79 Å². The molecule has 0 spiro atoms. The SMILES string of the molecule is COc1ccc(N)c(NC(=O)CCC2CCCCC2)c1.Cl. The maximum absolute atomic E-state index is 12.0. The zero-order valence-corrected chi connectivity index (χ0v) is 13.4. The molecule has 4 nitrogen and oxygen atoms in total. The van der Waals surface area contributed by atoms with Crippen molar-refractivity contribution in [1.29, 1.82) is 0 Å². The van der Waals surface area contributed by atoms with E-state index in [0.29, 0.717) is 23.5 Å². The Kier molecular flexibility index (Phi) is 7.37. The number of carbonyl (C=O) groups excluding carboxylic acids is 1. The van der Waals surface area contributed by atoms with Crippen molar-refractivity contribution in [2.75, 3.05) is 18.2 Å². The summed E-state index contributed by atoms with van der Waals surface area (Å²) in [6, 6.07) is 5.29. The van der Waals surface area contributed by atoms with Crippen LogP contribution < -0.4 is 15.8 Å². The molecule has 1 saturated carbocycles. The lowest BCUT2D eigenvalue weighted by atomic mass is 9.86. The summed E-state index contributed by atoms with van der Waals surface area (Å²) >= 11 is 0. The van der Waals surface area contributed by atoms with Crippen LogP contribution in [0.1, 0.15) is 44.9 Å². The number of hydrogen-bond donors (Lipinski definition) is 2. The lowest BCUT2D eigenvalue weighted by Crippen LogP contribution is -2.15. The quantitative estimate of drug-likeness (QED) is 0.808. The first-order valence-corrected chi connectivity index (χ1v) is 7.42. The van der Waals surface area contributed by atoms with Gasteiger partial charge in [-0.3, -0.25) is 4.79 Å². The molecule has 1 aliphatic rings. The first-order valence-electron chi connectivity index (χ1n) is 7.42. The zero-order valence-electron chi connectivity index (χ0n) is 12.6. The Bertz CT molecular complexity index is 460. The Labute approximate surface area is 132 Å². The number of nitrogens with two attached hydrogens (primary N) is 1. The Hall–Kier alpha value is -1.42. The Morgan fingerprint density at radius 2 is 2.05 bits per heavy atom. The number of benzene rings is 1. The highest BCUT2D eigenvalue weighted by Gasteiger charge is 2.15. The highest BCUT2D eigenvalue weighted by Crippen LogP contribution is 2.28. The predicted molar refractivity (Wildman–Crippen MR) is 89.1 cm³/mol. The minimum Gasteiger partial charge on any atom is -0.497 e. The van der Waals surface area contributed by atoms with Crippen molar-refractivity contribution < 1.29 is 9.53 Å². The Balaban J connectivity index is 0.00000220. The van der Waals surface area contributed by atoms with Crippen molar-refractivity contribution >= 4 is 29.7 Å². The number of hydrogen-bond acceptors (Lipinski definition) is 3. The van der Waals surface area contributed by atoms with Crippen molar-refractivity contribution in [1.82, 2.24) is 0 Å². The van der Waals surface area contributed by atoms with E-state index in [4.69, 9.17) is 10.5 Å². The third-order valence-electron chi connectivity index (χ3n) is 4.04. The molecule has 0 aliphatic heterocycles. The summed E-state index contributed by atoms with van der Waals surface area (Å²) in [4.78, 5) is 12.0. The number of methoxy groups -OCH3 is 1. The van der Waals surface area contributed by atoms with E-state index in [1.54, 1.807) is 25.3 Å². The molecule has 0 saturated heterocycles. The Morgan fingerprint density at radius 3 is 2.71 bits per heavy atom. The van der Waals surface area contributed by atoms with Crippen LogP contribution in [0.4, 0.5) is 11.4 Å². The molecular weight excluding hydrogens is 288 g/mol. The van der Waals surface area contributed by atoms with E-state index in [1.807, 2.05) is 0 Å². The fraction of sp³-hybridized carbons (Fsp3) is 0.562. The summed E-state index contributed by atoms with van der Waals surface area (Å²) in [5.74, 6) is 1.45. The van der Waals surface area contributed by atoms with Crippen molar-refractivity contribution in [2.45, 2.75) is 44.9 Å². The number of nitrogens with one attached hydrogen (secondary N) is 1. The fourth-order valence-electron chi connectivity index (χ4n) is 2.79. The van der Waals surface area contributed by atoms with Crippen LogP contribution in [-0.2, 0) is 4.79 Å². The van der Waals surface area contributed by atoms with Gasteiger partial charge < -0.3 is 15.8 Å². The second kappa shape index (κ2) is 8.78. The first kappa shape index (κ1) is 17.6. The average molecular weight is 313 g/mol. The van der Waals surface area contributed by atoms with Crippen molar-refractivity contribution in [3.05, 3.63) is 18.2 Å². The highest BCUT2D eigenvalue weighted by molar-refractivity contribution is 5.94. The van der Waals surface area contributed by atoms with Crippen LogP contribution in [0.15, 0.2) is 18.2 Å². The van der Waals surface area contributed by atoms with Gasteiger partial charge in [0, 0.05) is 12.5 Å². The molecule has 21 heavy (non-hydrogen) atoms. The van der Waals surface area contributed by atoms with Crippen LogP contribution in [-0.4, -0.2) is 13.0 Å². The summed E-state index contributed by atoms with van der Waals surface area (Å²) in [5.41, 5.74) is 7.06. The molecule has 1 amide bonds. The van der Waals surface area contributed by atoms with E-state index in [2.05, 4.69) is 5.32 Å². The van der Waals surface area contributed by atoms with E-state index < -0.39 is 0 Å². The van der Waals surface area contributed by atoms with Gasteiger partial charge >= 0.3 is 0 Å². The third kappa shape index (κ3) is 5.46. The summed E-state index contributed by atoms with van der Waals surface area (Å²) in [6.07, 6.45) is 8.08. The average Bonchev–Trinajstić information content (AvgIpc) is 2.48. The smallest absolute Gasteiger partial charge is 0.224 e. The molecule has 1 aliphatic carbocycles. The number of ether oxygens (including phenoxy) is 1. The molecule has 2 rings (SSSR count). The number of carbonyl (C=O) groups is 1. The lowest BCUT2D eigenvalue weighted by molar-refractivity contribution is -0.116. The number of halogens is 1. The van der Waals surface area contributed by atoms with Crippen LogP contribution in [0.2, 0.25) is 0 Å². The minimum atomic E-state index is 0. The monoisotopic (exact) mass is 312 g/mol. The number of anilines is 2. The summed E-state index contributed by atoms with van der Waals surface area (Å²) in [5, 5.41) is 2.88. The third-order valence-corrected chi connectivity index (χ3v) is 4.04. The minimum absolute atomic E-state index is 0. The van der Waals surface area contributed by atoms with E-state index in [-0.39, 0.29) is 18.3 Å². The molecule has 0 atom stereocenters. The molecule has 1 aromatic rings. The first-order chi connectivity index (χ1) is 9.69. The van der Waals surface area contributed by atoms with Crippen molar-refractivity contribution in [2.24, 2.45) is 5.92 Å². The normalized spacial score (nSPS) is 15.1. The number of amides is 1. The van der Waals surface area contributed by atoms with Gasteiger partial charge in [-0.1, -0.05) is 32.1 Å². The van der Waals surface area contributed by atoms with Crippen LogP contribution >= 0.6 is 12.4 Å². The molecule has 118 valence electrons. The van der Waals surface area contributed by atoms with Crippen LogP contribution in [0, 0.1) is 5.92 Å². The van der Waals surface area contributed by atoms with Crippen LogP contribution in [0.3, 0.4) is 0 Å². The standard InChI is InChI=1S/C16H24N2O2.ClH/c1-20-13-8-9-14(17)15(11-13)18-16(19)10-7-12-5-3-2-4-6-12;/h8-9,11-12H,2-7,10,17H2,1H3,(H,18,19);1H. The topological polar surface area (TPSA) is 64.3 Å². The number of nitrogen functional groups attached to an aromatic ring is 1. The zero-order chi connectivity index (χ0) is 14.4. The summed E-state index contributed by atoms with van der Waals surface area (Å²) in [6.45, 7) is 0. The molecule has 1 fully saturated rings. The highest BCUT2D eigenvalue weighted by atomic mass is 35.5. The molecule has 0 unspecified atom stereocenters. The van der Waals surface area contributed by atoms with E-state index in [1.165, 1.54) is 32.1 Å². The van der Waals surface area contributed by atoms with Gasteiger partial charge in [-0.15, -0.1) is 12.4 Å².